The van der Waals surface area contributed by atoms with E-state index in [1.165, 1.54) is 12.1 Å². The van der Waals surface area contributed by atoms with Crippen molar-refractivity contribution in [2.45, 2.75) is 20.0 Å². The van der Waals surface area contributed by atoms with Crippen molar-refractivity contribution < 1.29 is 13.5 Å². The smallest absolute Gasteiger partial charge is 0.215 e. The minimum Gasteiger partial charge on any atom is -0.475 e. The summed E-state index contributed by atoms with van der Waals surface area (Å²) in [5.41, 5.74) is 9.30. The van der Waals surface area contributed by atoms with Crippen LogP contribution in [0.3, 0.4) is 0 Å². The number of hydrogen-bond acceptors (Lipinski definition) is 5. The fourth-order valence-electron chi connectivity index (χ4n) is 3.03. The highest BCUT2D eigenvalue weighted by Gasteiger charge is 2.20. The number of benzene rings is 2. The monoisotopic (exact) mass is 411 g/mol. The van der Waals surface area contributed by atoms with E-state index in [9.17, 15) is 4.39 Å². The van der Waals surface area contributed by atoms with Crippen LogP contribution in [0.4, 0.5) is 21.6 Å². The average Bonchev–Trinajstić information content (AvgIpc) is 3.00. The summed E-state index contributed by atoms with van der Waals surface area (Å²) < 4.78 is 25.2. The van der Waals surface area contributed by atoms with Crippen LogP contribution in [0.25, 0.3) is 22.2 Å². The summed E-state index contributed by atoms with van der Waals surface area (Å²) in [6, 6.07) is 15.8. The summed E-state index contributed by atoms with van der Waals surface area (Å²) in [5.74, 6) is 0.138. The number of rotatable bonds is 5. The van der Waals surface area contributed by atoms with Crippen LogP contribution in [0.5, 0.6) is 5.88 Å². The first-order valence-corrected chi connectivity index (χ1v) is 9.47. The van der Waals surface area contributed by atoms with E-state index in [-0.39, 0.29) is 17.0 Å². The molecule has 0 atom stereocenters. The summed E-state index contributed by atoms with van der Waals surface area (Å²) in [5, 5.41) is 3.88. The summed E-state index contributed by atoms with van der Waals surface area (Å²) in [6.07, 6.45) is -0.0554. The van der Waals surface area contributed by atoms with Crippen molar-refractivity contribution in [1.82, 2.24) is 4.98 Å². The Kier molecular flexibility index (Phi) is 5.03. The molecule has 0 saturated heterocycles. The van der Waals surface area contributed by atoms with Gasteiger partial charge in [0.25, 0.3) is 0 Å². The first-order valence-electron chi connectivity index (χ1n) is 9.09. The molecule has 5 nitrogen and oxygen atoms in total. The standard InChI is InChI=1S/C22H19ClFN3O2/c1-12(2)28-18-11-15-20(26-14-8-9-17(24)16(23)10-14)22(25)29-21(15)19(27-18)13-6-4-3-5-7-13/h3-12,26H,25H2,1-2H3. The number of nitrogen functional groups attached to an aromatic ring is 1. The number of nitrogens with zero attached hydrogens (tertiary/aromatic N) is 1. The van der Waals surface area contributed by atoms with Crippen LogP contribution in [-0.2, 0) is 0 Å². The molecule has 0 bridgehead atoms. The van der Waals surface area contributed by atoms with Gasteiger partial charge >= 0.3 is 0 Å². The maximum Gasteiger partial charge on any atom is 0.215 e. The molecule has 29 heavy (non-hydrogen) atoms. The van der Waals surface area contributed by atoms with Gasteiger partial charge < -0.3 is 20.2 Å². The molecule has 2 aromatic heterocycles. The lowest BCUT2D eigenvalue weighted by molar-refractivity contribution is 0.233. The maximum atomic E-state index is 13.5. The van der Waals surface area contributed by atoms with E-state index < -0.39 is 5.82 Å². The van der Waals surface area contributed by atoms with E-state index in [0.717, 1.165) is 5.56 Å². The van der Waals surface area contributed by atoms with Crippen LogP contribution in [0.15, 0.2) is 59.0 Å². The number of halogens is 2. The van der Waals surface area contributed by atoms with Gasteiger partial charge in [-0.3, -0.25) is 0 Å². The molecule has 0 unspecified atom stereocenters. The largest absolute Gasteiger partial charge is 0.475 e. The maximum absolute atomic E-state index is 13.5. The minimum absolute atomic E-state index is 0.0110. The molecule has 7 heteroatoms. The van der Waals surface area contributed by atoms with Crippen LogP contribution in [0.1, 0.15) is 13.8 Å². The number of nitrogens with one attached hydrogen (secondary N) is 1. The zero-order valence-corrected chi connectivity index (χ0v) is 16.6. The van der Waals surface area contributed by atoms with Crippen LogP contribution in [0, 0.1) is 5.82 Å². The Morgan fingerprint density at radius 2 is 1.90 bits per heavy atom. The molecular formula is C22H19ClFN3O2. The third-order valence-corrected chi connectivity index (χ3v) is 4.56. The van der Waals surface area contributed by atoms with Gasteiger partial charge in [0.05, 0.1) is 16.5 Å². The van der Waals surface area contributed by atoms with E-state index in [0.29, 0.717) is 33.9 Å². The normalized spacial score (nSPS) is 11.2. The fraction of sp³-hybridized carbons (Fsp3) is 0.136. The van der Waals surface area contributed by atoms with Gasteiger partial charge in [-0.2, -0.15) is 0 Å². The van der Waals surface area contributed by atoms with Crippen molar-refractivity contribution in [3.8, 4) is 17.1 Å². The SMILES string of the molecule is CC(C)Oc1cc2c(Nc3ccc(F)c(Cl)c3)c(N)oc2c(-c2ccccc2)n1. The molecule has 0 amide bonds. The van der Waals surface area contributed by atoms with Crippen molar-refractivity contribution in [3.05, 3.63) is 65.4 Å². The van der Waals surface area contributed by atoms with Gasteiger partial charge in [0.15, 0.2) is 5.58 Å². The lowest BCUT2D eigenvalue weighted by Gasteiger charge is -2.11. The number of nitrogens with two attached hydrogens (primary N) is 1. The van der Waals surface area contributed by atoms with E-state index >= 15 is 0 Å². The predicted octanol–water partition coefficient (Wildman–Crippen LogP) is 6.40. The highest BCUT2D eigenvalue weighted by molar-refractivity contribution is 6.31. The summed E-state index contributed by atoms with van der Waals surface area (Å²) in [4.78, 5) is 4.63. The molecule has 4 rings (SSSR count). The van der Waals surface area contributed by atoms with Crippen molar-refractivity contribution in [2.24, 2.45) is 0 Å². The van der Waals surface area contributed by atoms with Gasteiger partial charge in [-0.25, -0.2) is 9.37 Å². The molecule has 0 fully saturated rings. The third-order valence-electron chi connectivity index (χ3n) is 4.27. The second-order valence-corrected chi connectivity index (χ2v) is 7.22. The van der Waals surface area contributed by atoms with Crippen LogP contribution in [0.2, 0.25) is 5.02 Å². The van der Waals surface area contributed by atoms with E-state index in [2.05, 4.69) is 10.3 Å². The zero-order valence-electron chi connectivity index (χ0n) is 15.9. The quantitative estimate of drug-likeness (QED) is 0.397. The zero-order chi connectivity index (χ0) is 20.5. The lowest BCUT2D eigenvalue weighted by atomic mass is 10.1. The molecule has 2 heterocycles. The summed E-state index contributed by atoms with van der Waals surface area (Å²) in [7, 11) is 0. The van der Waals surface area contributed by atoms with Gasteiger partial charge in [0, 0.05) is 17.3 Å². The van der Waals surface area contributed by atoms with E-state index in [1.54, 1.807) is 12.1 Å². The highest BCUT2D eigenvalue weighted by Crippen LogP contribution is 2.41. The molecule has 3 N–H and O–H groups in total. The minimum atomic E-state index is -0.495. The Labute approximate surface area is 172 Å². The lowest BCUT2D eigenvalue weighted by Crippen LogP contribution is -2.07. The summed E-state index contributed by atoms with van der Waals surface area (Å²) >= 11 is 5.90. The van der Waals surface area contributed by atoms with E-state index in [4.69, 9.17) is 26.5 Å². The number of pyridine rings is 1. The second-order valence-electron chi connectivity index (χ2n) is 6.81. The predicted molar refractivity (Wildman–Crippen MR) is 114 cm³/mol. The first kappa shape index (κ1) is 19.1. The third kappa shape index (κ3) is 3.84. The number of aromatic nitrogens is 1. The number of furan rings is 1. The molecule has 148 valence electrons. The molecule has 0 spiro atoms. The number of fused-ring (bicyclic) bond motifs is 1. The molecule has 0 aliphatic carbocycles. The van der Waals surface area contributed by atoms with Gasteiger partial charge in [0.1, 0.15) is 17.2 Å². The first-order chi connectivity index (χ1) is 13.9. The molecule has 0 aliphatic heterocycles. The number of ether oxygens (including phenoxy) is 1. The van der Waals surface area contributed by atoms with Crippen molar-refractivity contribution >= 4 is 39.8 Å². The van der Waals surface area contributed by atoms with Crippen LogP contribution < -0.4 is 15.8 Å². The van der Waals surface area contributed by atoms with Gasteiger partial charge in [-0.05, 0) is 32.0 Å². The molecule has 0 aliphatic rings. The summed E-state index contributed by atoms with van der Waals surface area (Å²) in [6.45, 7) is 3.86. The van der Waals surface area contributed by atoms with Crippen molar-refractivity contribution in [2.75, 3.05) is 11.1 Å². The van der Waals surface area contributed by atoms with Crippen molar-refractivity contribution in [1.29, 1.82) is 0 Å². The van der Waals surface area contributed by atoms with E-state index in [1.807, 2.05) is 44.2 Å². The number of hydrogen-bond donors (Lipinski definition) is 2. The molecule has 0 saturated carbocycles. The van der Waals surface area contributed by atoms with Gasteiger partial charge in [0.2, 0.25) is 11.8 Å². The number of anilines is 3. The molecular weight excluding hydrogens is 393 g/mol. The van der Waals surface area contributed by atoms with Gasteiger partial charge in [-0.15, -0.1) is 0 Å². The molecule has 4 aromatic rings. The van der Waals surface area contributed by atoms with Gasteiger partial charge in [-0.1, -0.05) is 41.9 Å². The highest BCUT2D eigenvalue weighted by atomic mass is 35.5. The fourth-order valence-corrected chi connectivity index (χ4v) is 3.21. The molecule has 2 aromatic carbocycles. The second kappa shape index (κ2) is 7.64. The Morgan fingerprint density at radius 3 is 2.59 bits per heavy atom. The average molecular weight is 412 g/mol. The Balaban J connectivity index is 1.89. The Bertz CT molecular complexity index is 1180. The van der Waals surface area contributed by atoms with Crippen molar-refractivity contribution in [3.63, 3.8) is 0 Å². The Hall–Kier alpha value is -3.25. The molecule has 0 radical (unpaired) electrons. The van der Waals surface area contributed by atoms with Crippen LogP contribution >= 0.6 is 11.6 Å². The van der Waals surface area contributed by atoms with Crippen LogP contribution in [-0.4, -0.2) is 11.1 Å². The Morgan fingerprint density at radius 1 is 1.14 bits per heavy atom. The topological polar surface area (TPSA) is 73.3 Å².